The minimum Gasteiger partial charge on any atom is -0.356 e. The first-order chi connectivity index (χ1) is 16.8. The van der Waals surface area contributed by atoms with Gasteiger partial charge in [0.1, 0.15) is 6.17 Å². The first-order valence-corrected chi connectivity index (χ1v) is 16.0. The number of hydrogen-bond donors (Lipinski definition) is 0. The Labute approximate surface area is 216 Å². The van der Waals surface area contributed by atoms with Crippen molar-refractivity contribution in [1.29, 1.82) is 0 Å². The lowest BCUT2D eigenvalue weighted by atomic mass is 10.1. The van der Waals surface area contributed by atoms with Crippen LogP contribution in [-0.2, 0) is 0 Å². The molecule has 0 aliphatic carbocycles. The highest BCUT2D eigenvalue weighted by atomic mass is 15.4. The van der Waals surface area contributed by atoms with E-state index in [2.05, 4.69) is 43.0 Å². The van der Waals surface area contributed by atoms with E-state index in [1.807, 2.05) is 0 Å². The largest absolute Gasteiger partial charge is 0.356 e. The summed E-state index contributed by atoms with van der Waals surface area (Å²) in [5, 5.41) is 0. The van der Waals surface area contributed by atoms with Gasteiger partial charge in [0.25, 0.3) is 0 Å². The number of rotatable bonds is 26. The predicted molar refractivity (Wildman–Crippen MR) is 154 cm³/mol. The van der Waals surface area contributed by atoms with Crippen molar-refractivity contribution in [2.45, 2.75) is 181 Å². The fourth-order valence-corrected chi connectivity index (χ4v) is 5.48. The Morgan fingerprint density at radius 2 is 0.676 bits per heavy atom. The molecule has 1 atom stereocenters. The van der Waals surface area contributed by atoms with E-state index in [4.69, 9.17) is 0 Å². The third-order valence-electron chi connectivity index (χ3n) is 7.82. The summed E-state index contributed by atoms with van der Waals surface area (Å²) in [6.45, 7) is 9.46. The number of hydrogen-bond acceptors (Lipinski definition) is 2. The molecule has 0 amide bonds. The number of nitrogens with zero attached hydrogens (tertiary/aromatic N) is 2. The van der Waals surface area contributed by atoms with Crippen LogP contribution < -0.4 is 0 Å². The van der Waals surface area contributed by atoms with Crippen molar-refractivity contribution in [2.24, 2.45) is 0 Å². The fourth-order valence-electron chi connectivity index (χ4n) is 5.48. The molecular formula is C32H64N2. The molecule has 1 unspecified atom stereocenters. The van der Waals surface area contributed by atoms with Gasteiger partial charge in [-0.3, -0.25) is 0 Å². The van der Waals surface area contributed by atoms with Gasteiger partial charge in [-0.15, -0.1) is 0 Å². The van der Waals surface area contributed by atoms with E-state index in [0.29, 0.717) is 6.17 Å². The highest BCUT2D eigenvalue weighted by Crippen LogP contribution is 2.23. The Morgan fingerprint density at radius 1 is 0.382 bits per heavy atom. The standard InChI is InChI=1S/C32H64N2/c1-4-7-10-13-15-16-17-18-19-21-23-26-29-34-31-30-33(32(34)27-24-12-9-6-3)28-25-22-20-14-11-8-5-2/h30-32H,4-29H2,1-3H3. The zero-order chi connectivity index (χ0) is 24.5. The molecule has 34 heavy (non-hydrogen) atoms. The summed E-state index contributed by atoms with van der Waals surface area (Å²) in [7, 11) is 0. The van der Waals surface area contributed by atoms with Crippen LogP contribution in [0.25, 0.3) is 0 Å². The smallest absolute Gasteiger partial charge is 0.101 e. The second kappa shape index (κ2) is 24.1. The topological polar surface area (TPSA) is 6.48 Å². The van der Waals surface area contributed by atoms with Crippen LogP contribution in [0.5, 0.6) is 0 Å². The number of unbranched alkanes of at least 4 members (excludes halogenated alkanes) is 20. The molecule has 0 saturated heterocycles. The van der Waals surface area contributed by atoms with Gasteiger partial charge in [-0.25, -0.2) is 0 Å². The van der Waals surface area contributed by atoms with Gasteiger partial charge >= 0.3 is 0 Å². The van der Waals surface area contributed by atoms with E-state index in [1.165, 1.54) is 167 Å². The fraction of sp³-hybridized carbons (Fsp3) is 0.938. The van der Waals surface area contributed by atoms with Crippen LogP contribution in [-0.4, -0.2) is 29.1 Å². The van der Waals surface area contributed by atoms with Crippen LogP contribution in [0.15, 0.2) is 12.4 Å². The van der Waals surface area contributed by atoms with E-state index in [9.17, 15) is 0 Å². The zero-order valence-corrected chi connectivity index (χ0v) is 24.0. The molecule has 2 heteroatoms. The molecule has 0 radical (unpaired) electrons. The van der Waals surface area contributed by atoms with Gasteiger partial charge in [-0.1, -0.05) is 149 Å². The summed E-state index contributed by atoms with van der Waals surface area (Å²) >= 11 is 0. The first kappa shape index (κ1) is 31.4. The summed E-state index contributed by atoms with van der Waals surface area (Å²) in [5.41, 5.74) is 0. The minimum absolute atomic E-state index is 0.643. The van der Waals surface area contributed by atoms with Gasteiger partial charge in [-0.05, 0) is 25.7 Å². The van der Waals surface area contributed by atoms with Crippen molar-refractivity contribution in [3.63, 3.8) is 0 Å². The third kappa shape index (κ3) is 16.9. The quantitative estimate of drug-likeness (QED) is 0.114. The molecule has 0 saturated carbocycles. The van der Waals surface area contributed by atoms with Crippen LogP contribution >= 0.6 is 0 Å². The van der Waals surface area contributed by atoms with Crippen molar-refractivity contribution in [3.05, 3.63) is 12.4 Å². The highest BCUT2D eigenvalue weighted by molar-refractivity contribution is 4.97. The van der Waals surface area contributed by atoms with Crippen molar-refractivity contribution in [2.75, 3.05) is 13.1 Å². The van der Waals surface area contributed by atoms with Gasteiger partial charge in [-0.2, -0.15) is 0 Å². The van der Waals surface area contributed by atoms with E-state index < -0.39 is 0 Å². The average molecular weight is 477 g/mol. The van der Waals surface area contributed by atoms with Crippen LogP contribution in [0.2, 0.25) is 0 Å². The lowest BCUT2D eigenvalue weighted by Gasteiger charge is -2.33. The van der Waals surface area contributed by atoms with E-state index >= 15 is 0 Å². The van der Waals surface area contributed by atoms with Gasteiger partial charge in [0.15, 0.2) is 0 Å². The molecule has 0 aromatic rings. The van der Waals surface area contributed by atoms with Crippen LogP contribution in [0.3, 0.4) is 0 Å². The van der Waals surface area contributed by atoms with Gasteiger partial charge in [0.2, 0.25) is 0 Å². The molecule has 1 aliphatic heterocycles. The molecule has 1 aliphatic rings. The molecule has 0 spiro atoms. The molecule has 0 aromatic heterocycles. The summed E-state index contributed by atoms with van der Waals surface area (Å²) < 4.78 is 0. The summed E-state index contributed by atoms with van der Waals surface area (Å²) in [4.78, 5) is 5.36. The summed E-state index contributed by atoms with van der Waals surface area (Å²) in [6.07, 6.45) is 39.5. The molecule has 1 rings (SSSR count). The van der Waals surface area contributed by atoms with Crippen LogP contribution in [0, 0.1) is 0 Å². The molecule has 0 fully saturated rings. The summed E-state index contributed by atoms with van der Waals surface area (Å²) in [6, 6.07) is 0. The van der Waals surface area contributed by atoms with Crippen molar-refractivity contribution >= 4 is 0 Å². The maximum atomic E-state index is 2.68. The Balaban J connectivity index is 2.16. The van der Waals surface area contributed by atoms with Crippen molar-refractivity contribution in [3.8, 4) is 0 Å². The third-order valence-corrected chi connectivity index (χ3v) is 7.82. The molecule has 0 bridgehead atoms. The van der Waals surface area contributed by atoms with E-state index in [-0.39, 0.29) is 0 Å². The predicted octanol–water partition coefficient (Wildman–Crippen LogP) is 10.8. The lowest BCUT2D eigenvalue weighted by Crippen LogP contribution is -2.39. The second-order valence-corrected chi connectivity index (χ2v) is 11.1. The molecule has 0 N–H and O–H groups in total. The normalized spacial score (nSPS) is 15.7. The molecule has 1 heterocycles. The highest BCUT2D eigenvalue weighted by Gasteiger charge is 2.24. The SMILES string of the molecule is CCCCCCCCCCCCCCN1C=CN(CCCCCCCCC)C1CCCCCC. The van der Waals surface area contributed by atoms with Crippen molar-refractivity contribution in [1.82, 2.24) is 9.80 Å². The Bertz CT molecular complexity index is 433. The summed E-state index contributed by atoms with van der Waals surface area (Å²) in [5.74, 6) is 0. The van der Waals surface area contributed by atoms with Gasteiger partial charge in [0.05, 0.1) is 0 Å². The molecule has 2 nitrogen and oxygen atoms in total. The zero-order valence-electron chi connectivity index (χ0n) is 24.0. The Morgan fingerprint density at radius 3 is 1.03 bits per heavy atom. The minimum atomic E-state index is 0.643. The van der Waals surface area contributed by atoms with Crippen LogP contribution in [0.4, 0.5) is 0 Å². The molecular weight excluding hydrogens is 412 g/mol. The van der Waals surface area contributed by atoms with Crippen molar-refractivity contribution < 1.29 is 0 Å². The van der Waals surface area contributed by atoms with Crippen LogP contribution in [0.1, 0.15) is 175 Å². The first-order valence-electron chi connectivity index (χ1n) is 16.0. The van der Waals surface area contributed by atoms with Gasteiger partial charge in [0, 0.05) is 25.5 Å². The lowest BCUT2D eigenvalue weighted by molar-refractivity contribution is 0.135. The average Bonchev–Trinajstić information content (AvgIpc) is 3.23. The van der Waals surface area contributed by atoms with E-state index in [1.54, 1.807) is 0 Å². The maximum Gasteiger partial charge on any atom is 0.101 e. The maximum absolute atomic E-state index is 2.68. The van der Waals surface area contributed by atoms with Gasteiger partial charge < -0.3 is 9.80 Å². The Kier molecular flexibility index (Phi) is 22.2. The second-order valence-electron chi connectivity index (χ2n) is 11.1. The monoisotopic (exact) mass is 477 g/mol. The van der Waals surface area contributed by atoms with E-state index in [0.717, 1.165) is 0 Å². The molecule has 202 valence electrons. The molecule has 0 aromatic carbocycles. The Hall–Kier alpha value is -0.660.